The van der Waals surface area contributed by atoms with Crippen LogP contribution in [0.25, 0.3) is 22.3 Å². The van der Waals surface area contributed by atoms with Crippen LogP contribution in [0.2, 0.25) is 0 Å². The lowest BCUT2D eigenvalue weighted by Gasteiger charge is -2.42. The van der Waals surface area contributed by atoms with Crippen LogP contribution in [-0.4, -0.2) is 57.0 Å². The number of benzene rings is 3. The quantitative estimate of drug-likeness (QED) is 0.426. The maximum Gasteiger partial charge on any atom is 0.261 e. The van der Waals surface area contributed by atoms with E-state index in [1.807, 2.05) is 83.8 Å². The van der Waals surface area contributed by atoms with Crippen LogP contribution in [0.15, 0.2) is 83.7 Å². The lowest BCUT2D eigenvalue weighted by molar-refractivity contribution is 0.0451. The highest BCUT2D eigenvalue weighted by Gasteiger charge is 2.28. The number of rotatable bonds is 4. The van der Waals surface area contributed by atoms with E-state index in [1.54, 1.807) is 4.57 Å². The molecular formula is C30H32N4O2. The summed E-state index contributed by atoms with van der Waals surface area (Å²) in [6, 6.07) is 24.8. The highest BCUT2D eigenvalue weighted by Crippen LogP contribution is 2.22. The number of carbonyl (C=O) groups is 1. The van der Waals surface area contributed by atoms with Gasteiger partial charge in [0.15, 0.2) is 0 Å². The molecule has 1 aliphatic rings. The summed E-state index contributed by atoms with van der Waals surface area (Å²) in [5.41, 5.74) is 3.19. The number of aromatic nitrogens is 2. The van der Waals surface area contributed by atoms with Gasteiger partial charge >= 0.3 is 0 Å². The summed E-state index contributed by atoms with van der Waals surface area (Å²) in [4.78, 5) is 35.8. The van der Waals surface area contributed by atoms with Gasteiger partial charge < -0.3 is 4.90 Å². The SMILES string of the molecule is CC(C)(C)N1CCN(C(=O)c2ccc(-c3nc4ccccc4c(=O)n3Cc3ccccc3)cc2)CC1. The van der Waals surface area contributed by atoms with Crippen LogP contribution in [0.4, 0.5) is 0 Å². The van der Waals surface area contributed by atoms with Crippen LogP contribution >= 0.6 is 0 Å². The van der Waals surface area contributed by atoms with Crippen LogP contribution in [0, 0.1) is 0 Å². The molecule has 0 N–H and O–H groups in total. The molecule has 0 atom stereocenters. The molecule has 1 aromatic heterocycles. The molecule has 184 valence electrons. The van der Waals surface area contributed by atoms with Gasteiger partial charge in [-0.25, -0.2) is 4.98 Å². The number of hydrogen-bond acceptors (Lipinski definition) is 4. The zero-order valence-electron chi connectivity index (χ0n) is 21.1. The summed E-state index contributed by atoms with van der Waals surface area (Å²) in [6.07, 6.45) is 0. The van der Waals surface area contributed by atoms with Gasteiger partial charge in [0.05, 0.1) is 17.4 Å². The Morgan fingerprint density at radius 2 is 1.47 bits per heavy atom. The summed E-state index contributed by atoms with van der Waals surface area (Å²) in [5.74, 6) is 0.642. The Bertz CT molecular complexity index is 1430. The number of fused-ring (bicyclic) bond motifs is 1. The third kappa shape index (κ3) is 4.82. The molecule has 2 heterocycles. The number of piperazine rings is 1. The van der Waals surface area contributed by atoms with E-state index in [2.05, 4.69) is 25.7 Å². The smallest absolute Gasteiger partial charge is 0.261 e. The second-order valence-electron chi connectivity index (χ2n) is 10.4. The maximum absolute atomic E-state index is 13.5. The van der Waals surface area contributed by atoms with Gasteiger partial charge in [0.1, 0.15) is 5.82 Å². The first-order chi connectivity index (χ1) is 17.3. The van der Waals surface area contributed by atoms with Crippen LogP contribution in [-0.2, 0) is 6.54 Å². The van der Waals surface area contributed by atoms with Crippen molar-refractivity contribution in [2.24, 2.45) is 0 Å². The zero-order valence-corrected chi connectivity index (χ0v) is 21.1. The van der Waals surface area contributed by atoms with Gasteiger partial charge in [-0.2, -0.15) is 0 Å². The van der Waals surface area contributed by atoms with Crippen molar-refractivity contribution in [2.75, 3.05) is 26.2 Å². The normalized spacial score (nSPS) is 14.8. The Morgan fingerprint density at radius 1 is 0.833 bits per heavy atom. The van der Waals surface area contributed by atoms with Crippen molar-refractivity contribution in [3.05, 3.63) is 100 Å². The molecule has 1 fully saturated rings. The predicted octanol–water partition coefficient (Wildman–Crippen LogP) is 4.67. The minimum atomic E-state index is -0.0728. The third-order valence-corrected chi connectivity index (χ3v) is 6.95. The van der Waals surface area contributed by atoms with E-state index < -0.39 is 0 Å². The van der Waals surface area contributed by atoms with Crippen molar-refractivity contribution in [2.45, 2.75) is 32.9 Å². The Kier molecular flexibility index (Phi) is 6.46. The van der Waals surface area contributed by atoms with Crippen LogP contribution < -0.4 is 5.56 Å². The number of hydrogen-bond donors (Lipinski definition) is 0. The molecule has 0 spiro atoms. The van der Waals surface area contributed by atoms with Gasteiger partial charge in [-0.3, -0.25) is 19.1 Å². The maximum atomic E-state index is 13.5. The minimum Gasteiger partial charge on any atom is -0.336 e. The fourth-order valence-corrected chi connectivity index (χ4v) is 4.83. The summed E-state index contributed by atoms with van der Waals surface area (Å²) < 4.78 is 1.72. The molecule has 1 aliphatic heterocycles. The molecular weight excluding hydrogens is 448 g/mol. The van der Waals surface area contributed by atoms with E-state index >= 15 is 0 Å². The van der Waals surface area contributed by atoms with Crippen molar-refractivity contribution < 1.29 is 4.79 Å². The standard InChI is InChI=1S/C30H32N4O2/c1-30(2,3)33-19-17-32(18-20-33)28(35)24-15-13-23(14-16-24)27-31-26-12-8-7-11-25(26)29(36)34(27)21-22-9-5-4-6-10-22/h4-16H,17-21H2,1-3H3. The minimum absolute atomic E-state index is 0.0447. The van der Waals surface area contributed by atoms with E-state index in [1.165, 1.54) is 0 Å². The highest BCUT2D eigenvalue weighted by molar-refractivity contribution is 5.94. The van der Waals surface area contributed by atoms with E-state index in [4.69, 9.17) is 4.98 Å². The largest absolute Gasteiger partial charge is 0.336 e. The lowest BCUT2D eigenvalue weighted by atomic mass is 10.0. The first kappa shape index (κ1) is 23.9. The molecule has 0 bridgehead atoms. The molecule has 6 heteroatoms. The van der Waals surface area contributed by atoms with Crippen molar-refractivity contribution in [3.63, 3.8) is 0 Å². The topological polar surface area (TPSA) is 58.4 Å². The van der Waals surface area contributed by atoms with Crippen LogP contribution in [0.3, 0.4) is 0 Å². The Hall–Kier alpha value is -3.77. The average molecular weight is 481 g/mol. The van der Waals surface area contributed by atoms with E-state index in [0.717, 1.165) is 37.3 Å². The second kappa shape index (κ2) is 9.70. The number of nitrogens with zero attached hydrogens (tertiary/aromatic N) is 4. The van der Waals surface area contributed by atoms with Crippen molar-refractivity contribution in [3.8, 4) is 11.4 Å². The summed E-state index contributed by atoms with van der Waals surface area (Å²) >= 11 is 0. The fraction of sp³-hybridized carbons (Fsp3) is 0.300. The van der Waals surface area contributed by atoms with Crippen molar-refractivity contribution in [1.82, 2.24) is 19.4 Å². The fourth-order valence-electron chi connectivity index (χ4n) is 4.83. The van der Waals surface area contributed by atoms with E-state index in [-0.39, 0.29) is 17.0 Å². The first-order valence-corrected chi connectivity index (χ1v) is 12.5. The van der Waals surface area contributed by atoms with Crippen molar-refractivity contribution >= 4 is 16.8 Å². The number of amides is 1. The summed E-state index contributed by atoms with van der Waals surface area (Å²) in [6.45, 7) is 10.2. The van der Waals surface area contributed by atoms with Gasteiger partial charge in [-0.15, -0.1) is 0 Å². The third-order valence-electron chi connectivity index (χ3n) is 6.95. The molecule has 1 amide bonds. The molecule has 1 saturated heterocycles. The van der Waals surface area contributed by atoms with Gasteiger partial charge in [0.2, 0.25) is 0 Å². The Morgan fingerprint density at radius 3 is 2.14 bits per heavy atom. The lowest BCUT2D eigenvalue weighted by Crippen LogP contribution is -2.54. The highest BCUT2D eigenvalue weighted by atomic mass is 16.2. The van der Waals surface area contributed by atoms with Gasteiger partial charge in [0.25, 0.3) is 11.5 Å². The monoisotopic (exact) mass is 480 g/mol. The molecule has 36 heavy (non-hydrogen) atoms. The molecule has 6 nitrogen and oxygen atoms in total. The molecule has 0 saturated carbocycles. The molecule has 0 unspecified atom stereocenters. The Labute approximate surface area is 211 Å². The molecule has 0 aliphatic carbocycles. The molecule has 4 aromatic rings. The predicted molar refractivity (Wildman–Crippen MR) is 144 cm³/mol. The van der Waals surface area contributed by atoms with Gasteiger partial charge in [0, 0.05) is 42.8 Å². The number of carbonyl (C=O) groups excluding carboxylic acids is 1. The first-order valence-electron chi connectivity index (χ1n) is 12.5. The average Bonchev–Trinajstić information content (AvgIpc) is 2.90. The van der Waals surface area contributed by atoms with Gasteiger partial charge in [-0.05, 0) is 50.6 Å². The summed E-state index contributed by atoms with van der Waals surface area (Å²) in [7, 11) is 0. The Balaban J connectivity index is 1.45. The molecule has 0 radical (unpaired) electrons. The molecule has 5 rings (SSSR count). The summed E-state index contributed by atoms with van der Waals surface area (Å²) in [5, 5.41) is 0.596. The second-order valence-corrected chi connectivity index (χ2v) is 10.4. The van der Waals surface area contributed by atoms with Crippen LogP contribution in [0.5, 0.6) is 0 Å². The van der Waals surface area contributed by atoms with Crippen molar-refractivity contribution in [1.29, 1.82) is 0 Å². The number of para-hydroxylation sites is 1. The zero-order chi connectivity index (χ0) is 25.3. The van der Waals surface area contributed by atoms with Gasteiger partial charge in [-0.1, -0.05) is 54.6 Å². The van der Waals surface area contributed by atoms with E-state index in [0.29, 0.717) is 28.8 Å². The van der Waals surface area contributed by atoms with E-state index in [9.17, 15) is 9.59 Å². The van der Waals surface area contributed by atoms with Crippen LogP contribution in [0.1, 0.15) is 36.7 Å². The molecule has 3 aromatic carbocycles.